The smallest absolute Gasteiger partial charge is 0.354 e. The van der Waals surface area contributed by atoms with Crippen molar-refractivity contribution < 1.29 is 9.90 Å². The molecule has 2 N–H and O–H groups in total. The molecule has 19 heavy (non-hydrogen) atoms. The summed E-state index contributed by atoms with van der Waals surface area (Å²) in [6, 6.07) is 9.16. The van der Waals surface area contributed by atoms with Crippen molar-refractivity contribution in [1.82, 2.24) is 10.3 Å². The zero-order chi connectivity index (χ0) is 13.7. The molecule has 2 heterocycles. The van der Waals surface area contributed by atoms with Crippen LogP contribution in [0.2, 0.25) is 0 Å². The second kappa shape index (κ2) is 6.79. The van der Waals surface area contributed by atoms with E-state index in [1.807, 2.05) is 12.1 Å². The Balaban J connectivity index is 1.79. The average Bonchev–Trinajstić information content (AvgIpc) is 2.81. The third-order valence-corrected chi connectivity index (χ3v) is 4.19. The molecular formula is C13H13BrN2O2S. The number of aromatic nitrogens is 1. The Morgan fingerprint density at radius 1 is 1.37 bits per heavy atom. The first-order chi connectivity index (χ1) is 9.15. The number of nitrogens with one attached hydrogen (secondary N) is 1. The van der Waals surface area contributed by atoms with Crippen LogP contribution in [0.3, 0.4) is 0 Å². The minimum Gasteiger partial charge on any atom is -0.477 e. The minimum absolute atomic E-state index is 0.0847. The van der Waals surface area contributed by atoms with Gasteiger partial charge in [0.1, 0.15) is 5.69 Å². The van der Waals surface area contributed by atoms with Crippen molar-refractivity contribution >= 4 is 33.2 Å². The topological polar surface area (TPSA) is 62.2 Å². The Kier molecular flexibility index (Phi) is 5.07. The van der Waals surface area contributed by atoms with Crippen molar-refractivity contribution in [2.75, 3.05) is 6.54 Å². The van der Waals surface area contributed by atoms with E-state index in [0.717, 1.165) is 22.4 Å². The molecule has 0 atom stereocenters. The van der Waals surface area contributed by atoms with Gasteiger partial charge in [0.05, 0.1) is 9.48 Å². The van der Waals surface area contributed by atoms with Crippen LogP contribution in [0.25, 0.3) is 0 Å². The molecule has 0 spiro atoms. The Labute approximate surface area is 123 Å². The molecule has 100 valence electrons. The summed E-state index contributed by atoms with van der Waals surface area (Å²) >= 11 is 5.16. The molecule has 4 nitrogen and oxygen atoms in total. The first-order valence-electron chi connectivity index (χ1n) is 5.79. The van der Waals surface area contributed by atoms with E-state index in [4.69, 9.17) is 5.11 Å². The van der Waals surface area contributed by atoms with Gasteiger partial charge in [-0.15, -0.1) is 11.3 Å². The molecule has 0 unspecified atom stereocenters. The van der Waals surface area contributed by atoms with Crippen molar-refractivity contribution in [3.8, 4) is 0 Å². The van der Waals surface area contributed by atoms with Crippen LogP contribution in [0, 0.1) is 0 Å². The van der Waals surface area contributed by atoms with Crippen LogP contribution < -0.4 is 5.32 Å². The maximum atomic E-state index is 10.8. The second-order valence-electron chi connectivity index (χ2n) is 3.95. The highest BCUT2D eigenvalue weighted by molar-refractivity contribution is 9.11. The lowest BCUT2D eigenvalue weighted by Gasteiger charge is -2.04. The summed E-state index contributed by atoms with van der Waals surface area (Å²) < 4.78 is 1.14. The highest BCUT2D eigenvalue weighted by Crippen LogP contribution is 2.22. The molecule has 0 aliphatic carbocycles. The van der Waals surface area contributed by atoms with Crippen molar-refractivity contribution in [2.45, 2.75) is 13.0 Å². The van der Waals surface area contributed by atoms with Gasteiger partial charge in [-0.2, -0.15) is 0 Å². The minimum atomic E-state index is -0.995. The average molecular weight is 341 g/mol. The number of rotatable bonds is 6. The molecule has 2 rings (SSSR count). The van der Waals surface area contributed by atoms with E-state index in [9.17, 15) is 4.79 Å². The molecule has 0 bridgehead atoms. The standard InChI is InChI=1S/C13H13BrN2O2S/c14-12-5-4-10(19-12)6-7-15-8-9-2-1-3-11(16-9)13(17)18/h1-5,15H,6-8H2,(H,17,18). The fourth-order valence-electron chi connectivity index (χ4n) is 1.61. The Bertz CT molecular complexity index is 571. The second-order valence-corrected chi connectivity index (χ2v) is 6.50. The Morgan fingerprint density at radius 2 is 2.21 bits per heavy atom. The van der Waals surface area contributed by atoms with Gasteiger partial charge in [-0.3, -0.25) is 0 Å². The van der Waals surface area contributed by atoms with Crippen LogP contribution in [-0.4, -0.2) is 22.6 Å². The monoisotopic (exact) mass is 340 g/mol. The van der Waals surface area contributed by atoms with Crippen molar-refractivity contribution in [3.63, 3.8) is 0 Å². The molecule has 2 aromatic rings. The SMILES string of the molecule is O=C(O)c1cccc(CNCCc2ccc(Br)s2)n1. The summed E-state index contributed by atoms with van der Waals surface area (Å²) in [6.45, 7) is 1.42. The summed E-state index contributed by atoms with van der Waals surface area (Å²) in [4.78, 5) is 16.2. The maximum absolute atomic E-state index is 10.8. The van der Waals surface area contributed by atoms with Gasteiger partial charge >= 0.3 is 5.97 Å². The molecule has 0 amide bonds. The van der Waals surface area contributed by atoms with Gasteiger partial charge in [0.15, 0.2) is 0 Å². The predicted octanol–water partition coefficient (Wildman–Crippen LogP) is 2.94. The van der Waals surface area contributed by atoms with Crippen molar-refractivity contribution in [3.05, 3.63) is 50.4 Å². The molecule has 6 heteroatoms. The molecule has 0 radical (unpaired) electrons. The Hall–Kier alpha value is -1.24. The molecule has 0 saturated carbocycles. The highest BCUT2D eigenvalue weighted by Gasteiger charge is 2.04. The molecule has 0 aliphatic heterocycles. The summed E-state index contributed by atoms with van der Waals surface area (Å²) in [5.74, 6) is -0.995. The van der Waals surface area contributed by atoms with Crippen molar-refractivity contribution in [2.24, 2.45) is 0 Å². The Morgan fingerprint density at radius 3 is 2.89 bits per heavy atom. The highest BCUT2D eigenvalue weighted by atomic mass is 79.9. The summed E-state index contributed by atoms with van der Waals surface area (Å²) in [5, 5.41) is 12.1. The van der Waals surface area contributed by atoms with Gasteiger partial charge in [-0.25, -0.2) is 9.78 Å². The van der Waals surface area contributed by atoms with Crippen LogP contribution in [0.5, 0.6) is 0 Å². The number of carboxylic acids is 1. The number of pyridine rings is 1. The van der Waals surface area contributed by atoms with E-state index in [2.05, 4.69) is 32.3 Å². The molecule has 2 aromatic heterocycles. The van der Waals surface area contributed by atoms with Gasteiger partial charge in [-0.1, -0.05) is 6.07 Å². The van der Waals surface area contributed by atoms with Gasteiger partial charge in [-0.05, 0) is 46.6 Å². The fraction of sp³-hybridized carbons (Fsp3) is 0.231. The number of halogens is 1. The third kappa shape index (κ3) is 4.41. The van der Waals surface area contributed by atoms with E-state index < -0.39 is 5.97 Å². The predicted molar refractivity (Wildman–Crippen MR) is 78.6 cm³/mol. The number of carboxylic acid groups (broad SMARTS) is 1. The van der Waals surface area contributed by atoms with Gasteiger partial charge in [0.25, 0.3) is 0 Å². The zero-order valence-electron chi connectivity index (χ0n) is 10.1. The third-order valence-electron chi connectivity index (χ3n) is 2.51. The molecule has 0 saturated heterocycles. The first-order valence-corrected chi connectivity index (χ1v) is 7.40. The lowest BCUT2D eigenvalue weighted by Crippen LogP contribution is -2.17. The summed E-state index contributed by atoms with van der Waals surface area (Å²) in [6.07, 6.45) is 0.953. The van der Waals surface area contributed by atoms with Crippen LogP contribution >= 0.6 is 27.3 Å². The number of aromatic carboxylic acids is 1. The van der Waals surface area contributed by atoms with Gasteiger partial charge < -0.3 is 10.4 Å². The largest absolute Gasteiger partial charge is 0.477 e. The van der Waals surface area contributed by atoms with Gasteiger partial charge in [0, 0.05) is 18.0 Å². The molecular weight excluding hydrogens is 328 g/mol. The van der Waals surface area contributed by atoms with Crippen molar-refractivity contribution in [1.29, 1.82) is 0 Å². The van der Waals surface area contributed by atoms with E-state index in [1.165, 1.54) is 10.9 Å². The number of thiophene rings is 1. The van der Waals surface area contributed by atoms with E-state index in [1.54, 1.807) is 17.4 Å². The van der Waals surface area contributed by atoms with Crippen LogP contribution in [0.1, 0.15) is 21.1 Å². The normalized spacial score (nSPS) is 10.6. The lowest BCUT2D eigenvalue weighted by atomic mass is 10.3. The van der Waals surface area contributed by atoms with Crippen LogP contribution in [0.4, 0.5) is 0 Å². The summed E-state index contributed by atoms with van der Waals surface area (Å²) in [7, 11) is 0. The number of hydrogen-bond acceptors (Lipinski definition) is 4. The van der Waals surface area contributed by atoms with Gasteiger partial charge in [0.2, 0.25) is 0 Å². The number of hydrogen-bond donors (Lipinski definition) is 2. The van der Waals surface area contributed by atoms with Crippen LogP contribution in [0.15, 0.2) is 34.1 Å². The maximum Gasteiger partial charge on any atom is 0.354 e. The quantitative estimate of drug-likeness (QED) is 0.793. The first kappa shape index (κ1) is 14.2. The molecule has 0 aromatic carbocycles. The van der Waals surface area contributed by atoms with E-state index in [-0.39, 0.29) is 5.69 Å². The van der Waals surface area contributed by atoms with E-state index >= 15 is 0 Å². The fourth-order valence-corrected chi connectivity index (χ4v) is 3.09. The van der Waals surface area contributed by atoms with Crippen LogP contribution in [-0.2, 0) is 13.0 Å². The lowest BCUT2D eigenvalue weighted by molar-refractivity contribution is 0.0690. The molecule has 0 aliphatic rings. The number of nitrogens with zero attached hydrogens (tertiary/aromatic N) is 1. The molecule has 0 fully saturated rings. The van der Waals surface area contributed by atoms with E-state index in [0.29, 0.717) is 6.54 Å². The summed E-state index contributed by atoms with van der Waals surface area (Å²) in [5.41, 5.74) is 0.828. The zero-order valence-corrected chi connectivity index (χ0v) is 12.5. The number of carbonyl (C=O) groups is 1.